The molecule has 29 heavy (non-hydrogen) atoms. The summed E-state index contributed by atoms with van der Waals surface area (Å²) >= 11 is 0. The molecule has 0 amide bonds. The summed E-state index contributed by atoms with van der Waals surface area (Å²) in [6.07, 6.45) is 15.8. The van der Waals surface area contributed by atoms with Crippen LogP contribution in [0.3, 0.4) is 0 Å². The maximum absolute atomic E-state index is 6.48. The number of hydrogen-bond acceptors (Lipinski definition) is 4. The fourth-order valence-corrected chi connectivity index (χ4v) is 6.89. The molecular weight excluding hydrogens is 379 g/mol. The maximum atomic E-state index is 6.48. The van der Waals surface area contributed by atoms with Crippen LogP contribution in [0.15, 0.2) is 77.5 Å². The predicted molar refractivity (Wildman–Crippen MR) is 118 cm³/mol. The van der Waals surface area contributed by atoms with Crippen LogP contribution in [-0.2, 0) is 0 Å². The largest absolute Gasteiger partial charge is 0.452 e. The number of hydrogen-bond donors (Lipinski definition) is 0. The summed E-state index contributed by atoms with van der Waals surface area (Å²) in [6.45, 7) is 2.26. The quantitative estimate of drug-likeness (QED) is 0.614. The first-order chi connectivity index (χ1) is 14.1. The maximum Gasteiger partial charge on any atom is 0.215 e. The second-order valence-electron chi connectivity index (χ2n) is 7.85. The van der Waals surface area contributed by atoms with Gasteiger partial charge in [-0.25, -0.2) is 9.98 Å². The molecule has 6 bridgehead atoms. The number of fused-ring (bicyclic) bond motifs is 5. The van der Waals surface area contributed by atoms with E-state index in [1.807, 2.05) is 24.3 Å². The van der Waals surface area contributed by atoms with Crippen molar-refractivity contribution in [1.82, 2.24) is 4.98 Å². The third-order valence-electron chi connectivity index (χ3n) is 6.20. The van der Waals surface area contributed by atoms with Crippen LogP contribution >= 0.6 is 7.55 Å². The topological polar surface area (TPSA) is 43.7 Å². The normalized spacial score (nSPS) is 29.5. The van der Waals surface area contributed by atoms with Gasteiger partial charge in [0.25, 0.3) is 0 Å². The average molecular weight is 399 g/mol. The van der Waals surface area contributed by atoms with Crippen LogP contribution < -0.4 is 14.8 Å². The van der Waals surface area contributed by atoms with Gasteiger partial charge in [0, 0.05) is 12.5 Å². The van der Waals surface area contributed by atoms with Crippen molar-refractivity contribution in [2.75, 3.05) is 0 Å². The second kappa shape index (κ2) is 6.01. The fraction of sp³-hybridized carbons (Fsp3) is 0.208. The van der Waals surface area contributed by atoms with Gasteiger partial charge in [-0.1, -0.05) is 30.4 Å². The second-order valence-corrected chi connectivity index (χ2v) is 10.1. The summed E-state index contributed by atoms with van der Waals surface area (Å²) in [5.74, 6) is 2.52. The summed E-state index contributed by atoms with van der Waals surface area (Å²) in [5, 5.41) is 0.874. The molecule has 0 fully saturated rings. The standard InChI is InChI=1S/C24H20N2O2P/c1-24-16-8-4-12-20(24)27-19-11-3-7-15(23(19)29(24)2)17-9-5-13-21(25-17)28-22-14-6-10-18(16)26-22/h3-12,14,16,21H,2,13H2,1H3/q+1. The lowest BCUT2D eigenvalue weighted by molar-refractivity contribution is 0.204. The number of benzene rings is 1. The average Bonchev–Trinajstić information content (AvgIpc) is 2.74. The van der Waals surface area contributed by atoms with Gasteiger partial charge in [0.15, 0.2) is 22.9 Å². The van der Waals surface area contributed by atoms with Crippen molar-refractivity contribution in [3.63, 3.8) is 0 Å². The van der Waals surface area contributed by atoms with E-state index in [9.17, 15) is 0 Å². The van der Waals surface area contributed by atoms with Crippen molar-refractivity contribution in [2.45, 2.75) is 30.6 Å². The molecule has 0 radical (unpaired) electrons. The third kappa shape index (κ3) is 2.36. The smallest absolute Gasteiger partial charge is 0.215 e. The highest BCUT2D eigenvalue weighted by atomic mass is 31.1. The molecule has 4 atom stereocenters. The van der Waals surface area contributed by atoms with Crippen LogP contribution in [0.25, 0.3) is 0 Å². The molecule has 1 aromatic heterocycles. The van der Waals surface area contributed by atoms with Gasteiger partial charge in [-0.3, -0.25) is 0 Å². The zero-order valence-corrected chi connectivity index (χ0v) is 17.0. The van der Waals surface area contributed by atoms with Crippen LogP contribution in [-0.4, -0.2) is 28.4 Å². The molecule has 4 aliphatic rings. The first-order valence-corrected chi connectivity index (χ1v) is 11.4. The van der Waals surface area contributed by atoms with Gasteiger partial charge in [0.1, 0.15) is 7.55 Å². The van der Waals surface area contributed by atoms with E-state index in [4.69, 9.17) is 25.7 Å². The summed E-state index contributed by atoms with van der Waals surface area (Å²) < 4.78 is 12.6. The minimum Gasteiger partial charge on any atom is -0.452 e. The van der Waals surface area contributed by atoms with Gasteiger partial charge in [0.2, 0.25) is 11.2 Å². The summed E-state index contributed by atoms with van der Waals surface area (Å²) in [5.41, 5.74) is 3.00. The van der Waals surface area contributed by atoms with Crippen molar-refractivity contribution in [3.8, 4) is 11.6 Å². The van der Waals surface area contributed by atoms with Gasteiger partial charge in [0.05, 0.1) is 29.2 Å². The van der Waals surface area contributed by atoms with Crippen LogP contribution in [0, 0.1) is 0 Å². The van der Waals surface area contributed by atoms with E-state index < -0.39 is 7.55 Å². The monoisotopic (exact) mass is 399 g/mol. The summed E-state index contributed by atoms with van der Waals surface area (Å²) in [6, 6.07) is 12.2. The lowest BCUT2D eigenvalue weighted by Gasteiger charge is -2.37. The van der Waals surface area contributed by atoms with E-state index in [1.54, 1.807) is 0 Å². The number of pyridine rings is 1. The van der Waals surface area contributed by atoms with Gasteiger partial charge >= 0.3 is 0 Å². The Kier molecular flexibility index (Phi) is 3.51. The molecule has 5 heteroatoms. The fourth-order valence-electron chi connectivity index (χ4n) is 4.62. The molecule has 4 heterocycles. The number of nitrogens with zero attached hydrogens (tertiary/aromatic N) is 2. The van der Waals surface area contributed by atoms with E-state index in [-0.39, 0.29) is 17.3 Å². The van der Waals surface area contributed by atoms with Crippen LogP contribution in [0.2, 0.25) is 0 Å². The van der Waals surface area contributed by atoms with Crippen LogP contribution in [0.4, 0.5) is 0 Å². The Morgan fingerprint density at radius 2 is 2.10 bits per heavy atom. The Balaban J connectivity index is 1.68. The van der Waals surface area contributed by atoms with Crippen LogP contribution in [0.1, 0.15) is 30.5 Å². The number of allylic oxidation sites excluding steroid dienone is 5. The zero-order valence-electron chi connectivity index (χ0n) is 16.1. The SMILES string of the molecule is C=[P+]1c2c3cccc2C2=NC(CC=C2)Oc2cccc(n2)C2C=CC=C(O3)C21C. The van der Waals surface area contributed by atoms with E-state index in [1.165, 1.54) is 5.30 Å². The highest BCUT2D eigenvalue weighted by Gasteiger charge is 2.57. The minimum absolute atomic E-state index is 0.0626. The molecule has 3 aliphatic heterocycles. The number of aromatic nitrogens is 1. The molecule has 4 unspecified atom stereocenters. The molecule has 1 aromatic carbocycles. The highest BCUT2D eigenvalue weighted by Crippen LogP contribution is 2.58. The van der Waals surface area contributed by atoms with Crippen molar-refractivity contribution in [2.24, 2.45) is 4.99 Å². The molecule has 6 rings (SSSR count). The Hall–Kier alpha value is -2.97. The van der Waals surface area contributed by atoms with Crippen molar-refractivity contribution >= 4 is 24.9 Å². The summed E-state index contributed by atoms with van der Waals surface area (Å²) in [4.78, 5) is 9.76. The molecule has 142 valence electrons. The number of dihydropyridines is 1. The Bertz CT molecular complexity index is 1190. The number of aliphatic imine (C=N–C) groups is 1. The van der Waals surface area contributed by atoms with E-state index in [0.717, 1.165) is 34.9 Å². The molecule has 2 aromatic rings. The predicted octanol–water partition coefficient (Wildman–Crippen LogP) is 4.48. The minimum atomic E-state index is -0.840. The van der Waals surface area contributed by atoms with Gasteiger partial charge < -0.3 is 9.47 Å². The molecule has 4 nitrogen and oxygen atoms in total. The van der Waals surface area contributed by atoms with Gasteiger partial charge in [-0.05, 0) is 37.3 Å². The number of rotatable bonds is 0. The molecule has 0 spiro atoms. The Morgan fingerprint density at radius 3 is 3.03 bits per heavy atom. The first-order valence-electron chi connectivity index (χ1n) is 9.83. The lowest BCUT2D eigenvalue weighted by Crippen LogP contribution is -2.42. The van der Waals surface area contributed by atoms with Crippen molar-refractivity contribution in [1.29, 1.82) is 0 Å². The third-order valence-corrected chi connectivity index (χ3v) is 8.82. The Morgan fingerprint density at radius 1 is 1.21 bits per heavy atom. The van der Waals surface area contributed by atoms with E-state index in [2.05, 4.69) is 49.4 Å². The molecule has 0 saturated heterocycles. The van der Waals surface area contributed by atoms with E-state index >= 15 is 0 Å². The van der Waals surface area contributed by atoms with Crippen molar-refractivity contribution in [3.05, 3.63) is 83.8 Å². The number of ether oxygens (including phenoxy) is 2. The highest BCUT2D eigenvalue weighted by molar-refractivity contribution is 7.66. The molecule has 0 N–H and O–H groups in total. The van der Waals surface area contributed by atoms with Crippen molar-refractivity contribution < 1.29 is 9.47 Å². The van der Waals surface area contributed by atoms with Crippen LogP contribution in [0.5, 0.6) is 11.6 Å². The summed E-state index contributed by atoms with van der Waals surface area (Å²) in [7, 11) is -0.840. The Labute approximate surface area is 170 Å². The van der Waals surface area contributed by atoms with Gasteiger partial charge in [-0.15, -0.1) is 0 Å². The first kappa shape index (κ1) is 16.9. The van der Waals surface area contributed by atoms with Gasteiger partial charge in [-0.2, -0.15) is 0 Å². The molecular formula is C24H20N2O2P+. The van der Waals surface area contributed by atoms with E-state index in [0.29, 0.717) is 5.88 Å². The molecule has 0 saturated carbocycles. The molecule has 1 aliphatic carbocycles. The zero-order chi connectivity index (χ0) is 19.6. The lowest BCUT2D eigenvalue weighted by atomic mass is 9.84.